The molecule has 0 radical (unpaired) electrons. The van der Waals surface area contributed by atoms with Crippen LogP contribution in [0.25, 0.3) is 0 Å². The van der Waals surface area contributed by atoms with Gasteiger partial charge in [-0.25, -0.2) is 0 Å². The second-order valence-electron chi connectivity index (χ2n) is 19.0. The molecule has 366 valence electrons. The van der Waals surface area contributed by atoms with Crippen molar-refractivity contribution in [2.75, 3.05) is 6.61 Å². The van der Waals surface area contributed by atoms with Gasteiger partial charge in [0.1, 0.15) is 6.10 Å². The van der Waals surface area contributed by atoms with Crippen molar-refractivity contribution in [3.63, 3.8) is 0 Å². The normalized spacial score (nSPS) is 13.3. The van der Waals surface area contributed by atoms with Gasteiger partial charge < -0.3 is 20.3 Å². The fourth-order valence-corrected chi connectivity index (χ4v) is 8.60. The van der Waals surface area contributed by atoms with Crippen molar-refractivity contribution in [2.45, 2.75) is 315 Å². The molecule has 0 heterocycles. The van der Waals surface area contributed by atoms with Crippen LogP contribution in [-0.2, 0) is 14.3 Å². The van der Waals surface area contributed by atoms with E-state index in [1.807, 2.05) is 0 Å². The number of allylic oxidation sites excluding steroid dienone is 4. The van der Waals surface area contributed by atoms with E-state index in [9.17, 15) is 19.8 Å². The van der Waals surface area contributed by atoms with Crippen LogP contribution in [0.1, 0.15) is 297 Å². The number of aliphatic hydroxyl groups excluding tert-OH is 2. The average molecular weight is 874 g/mol. The van der Waals surface area contributed by atoms with Gasteiger partial charge in [-0.1, -0.05) is 257 Å². The van der Waals surface area contributed by atoms with E-state index in [1.165, 1.54) is 193 Å². The molecule has 0 aromatic heterocycles. The van der Waals surface area contributed by atoms with Crippen LogP contribution in [0.5, 0.6) is 0 Å². The van der Waals surface area contributed by atoms with Gasteiger partial charge in [0.15, 0.2) is 0 Å². The van der Waals surface area contributed by atoms with E-state index in [2.05, 4.69) is 50.4 Å². The third kappa shape index (κ3) is 44.9. The number of esters is 1. The van der Waals surface area contributed by atoms with Gasteiger partial charge >= 0.3 is 5.97 Å². The van der Waals surface area contributed by atoms with Gasteiger partial charge in [0, 0.05) is 6.42 Å². The maximum atomic E-state index is 13.2. The largest absolute Gasteiger partial charge is 0.462 e. The lowest BCUT2D eigenvalue weighted by atomic mass is 10.0. The molecular formula is C56H107NO5. The van der Waals surface area contributed by atoms with Crippen molar-refractivity contribution in [2.24, 2.45) is 0 Å². The van der Waals surface area contributed by atoms with Crippen LogP contribution in [-0.4, -0.2) is 46.9 Å². The third-order valence-corrected chi connectivity index (χ3v) is 12.8. The molecule has 0 spiro atoms. The average Bonchev–Trinajstić information content (AvgIpc) is 3.26. The SMILES string of the molecule is CCCCCCCCC/C=C/C=C/CCCCCC(=O)OC(CCCCCCCCCCCCCCC)CC(=O)NC(CO)C(O)CCCCCCCCCCCCCCCC. The molecule has 62 heavy (non-hydrogen) atoms. The number of hydrogen-bond donors (Lipinski definition) is 3. The van der Waals surface area contributed by atoms with Crippen LogP contribution in [0.4, 0.5) is 0 Å². The van der Waals surface area contributed by atoms with E-state index in [1.54, 1.807) is 0 Å². The number of nitrogens with one attached hydrogen (secondary N) is 1. The number of hydrogen-bond acceptors (Lipinski definition) is 5. The molecule has 3 atom stereocenters. The first kappa shape index (κ1) is 60.3. The third-order valence-electron chi connectivity index (χ3n) is 12.8. The Morgan fingerprint density at radius 1 is 0.468 bits per heavy atom. The molecule has 3 N–H and O–H groups in total. The fourth-order valence-electron chi connectivity index (χ4n) is 8.60. The van der Waals surface area contributed by atoms with E-state index < -0.39 is 18.2 Å². The zero-order valence-corrected chi connectivity index (χ0v) is 41.8. The van der Waals surface area contributed by atoms with Gasteiger partial charge in [0.2, 0.25) is 5.91 Å². The van der Waals surface area contributed by atoms with E-state index in [0.29, 0.717) is 19.3 Å². The summed E-state index contributed by atoms with van der Waals surface area (Å²) < 4.78 is 5.94. The highest BCUT2D eigenvalue weighted by Gasteiger charge is 2.24. The number of aliphatic hydroxyl groups is 2. The molecule has 0 aromatic rings. The van der Waals surface area contributed by atoms with Gasteiger partial charge in [-0.05, 0) is 51.4 Å². The van der Waals surface area contributed by atoms with Gasteiger partial charge in [-0.15, -0.1) is 0 Å². The molecule has 1 amide bonds. The highest BCUT2D eigenvalue weighted by atomic mass is 16.5. The Hall–Kier alpha value is -1.66. The van der Waals surface area contributed by atoms with Crippen LogP contribution < -0.4 is 5.32 Å². The number of rotatable bonds is 50. The van der Waals surface area contributed by atoms with Crippen LogP contribution >= 0.6 is 0 Å². The maximum absolute atomic E-state index is 13.2. The molecule has 0 saturated carbocycles. The fraction of sp³-hybridized carbons (Fsp3) is 0.893. The Morgan fingerprint density at radius 3 is 1.19 bits per heavy atom. The quantitative estimate of drug-likeness (QED) is 0.0321. The predicted octanol–water partition coefficient (Wildman–Crippen LogP) is 16.7. The van der Waals surface area contributed by atoms with E-state index in [-0.39, 0.29) is 24.9 Å². The van der Waals surface area contributed by atoms with Crippen molar-refractivity contribution < 1.29 is 24.5 Å². The number of carbonyl (C=O) groups is 2. The van der Waals surface area contributed by atoms with Gasteiger partial charge in [0.25, 0.3) is 0 Å². The first-order valence-electron chi connectivity index (χ1n) is 27.6. The summed E-state index contributed by atoms with van der Waals surface area (Å²) in [6.07, 6.45) is 58.1. The number of ether oxygens (including phenoxy) is 1. The number of carbonyl (C=O) groups excluding carboxylic acids is 2. The van der Waals surface area contributed by atoms with Gasteiger partial charge in [-0.2, -0.15) is 0 Å². The lowest BCUT2D eigenvalue weighted by Gasteiger charge is -2.24. The Kier molecular flexibility index (Phi) is 49.0. The summed E-state index contributed by atoms with van der Waals surface area (Å²) in [6, 6.07) is -0.702. The lowest BCUT2D eigenvalue weighted by molar-refractivity contribution is -0.151. The standard InChI is InChI=1S/C56H107NO5/c1-4-7-10-13-16-19-22-25-27-28-31-34-37-40-43-46-49-56(61)62-52(47-44-41-38-35-32-29-24-21-18-15-12-9-6-3)50-55(60)57-53(51-58)54(59)48-45-42-39-36-33-30-26-23-20-17-14-11-8-5-2/h27-28,31,34,52-54,58-59H,4-26,29-30,32-33,35-51H2,1-3H3,(H,57,60)/b28-27+,34-31+. The van der Waals surface area contributed by atoms with Crippen molar-refractivity contribution in [1.82, 2.24) is 5.32 Å². The molecule has 0 aliphatic rings. The van der Waals surface area contributed by atoms with Crippen molar-refractivity contribution >= 4 is 11.9 Å². The second kappa shape index (κ2) is 50.3. The number of amides is 1. The zero-order chi connectivity index (χ0) is 45.2. The zero-order valence-electron chi connectivity index (χ0n) is 41.8. The van der Waals surface area contributed by atoms with Gasteiger partial charge in [0.05, 0.1) is 25.2 Å². The molecule has 6 nitrogen and oxygen atoms in total. The predicted molar refractivity (Wildman–Crippen MR) is 269 cm³/mol. The van der Waals surface area contributed by atoms with Crippen molar-refractivity contribution in [1.29, 1.82) is 0 Å². The molecule has 0 aromatic carbocycles. The highest BCUT2D eigenvalue weighted by molar-refractivity contribution is 5.77. The molecule has 0 saturated heterocycles. The summed E-state index contributed by atoms with van der Waals surface area (Å²) in [5.74, 6) is -0.488. The van der Waals surface area contributed by atoms with Crippen LogP contribution in [0.15, 0.2) is 24.3 Å². The summed E-state index contributed by atoms with van der Waals surface area (Å²) in [6.45, 7) is 6.50. The van der Waals surface area contributed by atoms with E-state index in [0.717, 1.165) is 57.8 Å². The Morgan fingerprint density at radius 2 is 0.806 bits per heavy atom. The first-order valence-corrected chi connectivity index (χ1v) is 27.6. The van der Waals surface area contributed by atoms with Gasteiger partial charge in [-0.3, -0.25) is 9.59 Å². The second-order valence-corrected chi connectivity index (χ2v) is 19.0. The van der Waals surface area contributed by atoms with Crippen LogP contribution in [0.2, 0.25) is 0 Å². The van der Waals surface area contributed by atoms with Crippen molar-refractivity contribution in [3.8, 4) is 0 Å². The lowest BCUT2D eigenvalue weighted by Crippen LogP contribution is -2.46. The van der Waals surface area contributed by atoms with E-state index >= 15 is 0 Å². The maximum Gasteiger partial charge on any atom is 0.306 e. The summed E-state index contributed by atoms with van der Waals surface area (Å²) in [7, 11) is 0. The minimum absolute atomic E-state index is 0.0728. The first-order chi connectivity index (χ1) is 30.5. The molecule has 0 aliphatic carbocycles. The minimum atomic E-state index is -0.788. The molecule has 0 rings (SSSR count). The highest BCUT2D eigenvalue weighted by Crippen LogP contribution is 2.18. The molecule has 6 heteroatoms. The molecule has 0 fully saturated rings. The van der Waals surface area contributed by atoms with E-state index in [4.69, 9.17) is 4.74 Å². The van der Waals surface area contributed by atoms with Crippen LogP contribution in [0.3, 0.4) is 0 Å². The summed E-state index contributed by atoms with van der Waals surface area (Å²) in [4.78, 5) is 26.2. The van der Waals surface area contributed by atoms with Crippen LogP contribution in [0, 0.1) is 0 Å². The molecule has 3 unspecified atom stereocenters. The summed E-state index contributed by atoms with van der Waals surface area (Å²) in [5, 5.41) is 23.8. The van der Waals surface area contributed by atoms with Crippen molar-refractivity contribution in [3.05, 3.63) is 24.3 Å². The Labute approximate surface area is 386 Å². The Bertz CT molecular complexity index is 981. The monoisotopic (exact) mass is 874 g/mol. The smallest absolute Gasteiger partial charge is 0.306 e. The minimum Gasteiger partial charge on any atom is -0.462 e. The Balaban J connectivity index is 4.56. The summed E-state index contributed by atoms with van der Waals surface area (Å²) in [5.41, 5.74) is 0. The number of unbranched alkanes of at least 4 members (excludes halogenated alkanes) is 35. The topological polar surface area (TPSA) is 95.9 Å². The molecule has 0 bridgehead atoms. The summed E-state index contributed by atoms with van der Waals surface area (Å²) >= 11 is 0. The molecular weight excluding hydrogens is 767 g/mol. The molecule has 0 aliphatic heterocycles.